The number of urea groups is 1. The van der Waals surface area contributed by atoms with Crippen LogP contribution in [0.4, 0.5) is 14.0 Å². The first-order valence-electron chi connectivity index (χ1n) is 6.13. The topological polar surface area (TPSA) is 58.6 Å². The molecule has 0 radical (unpaired) electrons. The second-order valence-electron chi connectivity index (χ2n) is 4.27. The lowest BCUT2D eigenvalue weighted by Gasteiger charge is -2.11. The van der Waals surface area contributed by atoms with Crippen molar-refractivity contribution in [2.45, 2.75) is 19.4 Å². The smallest absolute Gasteiger partial charge is 0.418 e. The van der Waals surface area contributed by atoms with Crippen LogP contribution >= 0.6 is 0 Å². The van der Waals surface area contributed by atoms with Crippen molar-refractivity contribution in [2.24, 2.45) is 0 Å². The maximum atomic E-state index is 13.1. The highest BCUT2D eigenvalue weighted by Crippen LogP contribution is 2.26. The molecule has 1 aromatic carbocycles. The van der Waals surface area contributed by atoms with Crippen LogP contribution in [0, 0.1) is 5.82 Å². The normalized spacial score (nSPS) is 18.3. The molecule has 3 amide bonds. The summed E-state index contributed by atoms with van der Waals surface area (Å²) in [6, 6.07) is 5.33. The Morgan fingerprint density at radius 2 is 2.37 bits per heavy atom. The fourth-order valence-corrected chi connectivity index (χ4v) is 1.84. The van der Waals surface area contributed by atoms with Gasteiger partial charge >= 0.3 is 12.1 Å². The highest BCUT2D eigenvalue weighted by atomic mass is 19.1. The third-order valence-corrected chi connectivity index (χ3v) is 2.80. The van der Waals surface area contributed by atoms with Gasteiger partial charge in [-0.3, -0.25) is 0 Å². The zero-order valence-corrected chi connectivity index (χ0v) is 10.6. The van der Waals surface area contributed by atoms with Crippen molar-refractivity contribution >= 4 is 12.1 Å². The Balaban J connectivity index is 2.05. The Labute approximate surface area is 110 Å². The monoisotopic (exact) mass is 266 g/mol. The van der Waals surface area contributed by atoms with Crippen LogP contribution in [0.2, 0.25) is 0 Å². The largest absolute Gasteiger partial charge is 0.439 e. The average molecular weight is 266 g/mol. The molecule has 1 aliphatic heterocycles. The van der Waals surface area contributed by atoms with E-state index in [1.54, 1.807) is 6.07 Å². The molecule has 102 valence electrons. The lowest BCUT2D eigenvalue weighted by atomic mass is 10.1. The predicted molar refractivity (Wildman–Crippen MR) is 66.0 cm³/mol. The van der Waals surface area contributed by atoms with Gasteiger partial charge in [0.25, 0.3) is 0 Å². The standard InChI is InChI=1S/C13H15FN2O3/c1-2-6-15-12(17)16-8-11(19-13(16)18)9-4-3-5-10(14)7-9/h3-5,7,11H,2,6,8H2,1H3,(H,15,17). The van der Waals surface area contributed by atoms with E-state index in [1.165, 1.54) is 18.2 Å². The SMILES string of the molecule is CCCNC(=O)N1CC(c2cccc(F)c2)OC1=O. The lowest BCUT2D eigenvalue weighted by molar-refractivity contribution is 0.134. The van der Waals surface area contributed by atoms with Crippen molar-refractivity contribution in [3.05, 3.63) is 35.6 Å². The highest BCUT2D eigenvalue weighted by Gasteiger charge is 2.36. The molecule has 1 heterocycles. The molecule has 1 atom stereocenters. The number of hydrogen-bond acceptors (Lipinski definition) is 3. The minimum atomic E-state index is -0.706. The number of ether oxygens (including phenoxy) is 1. The number of cyclic esters (lactones) is 1. The number of hydrogen-bond donors (Lipinski definition) is 1. The Hall–Kier alpha value is -2.11. The number of rotatable bonds is 3. The first-order valence-corrected chi connectivity index (χ1v) is 6.13. The molecule has 1 fully saturated rings. The highest BCUT2D eigenvalue weighted by molar-refractivity contribution is 5.92. The van der Waals surface area contributed by atoms with Gasteiger partial charge in [0.15, 0.2) is 0 Å². The fourth-order valence-electron chi connectivity index (χ4n) is 1.84. The molecule has 0 spiro atoms. The van der Waals surface area contributed by atoms with Gasteiger partial charge in [-0.2, -0.15) is 0 Å². The molecular formula is C13H15FN2O3. The third-order valence-electron chi connectivity index (χ3n) is 2.80. The summed E-state index contributed by atoms with van der Waals surface area (Å²) in [5, 5.41) is 2.60. The number of benzene rings is 1. The minimum Gasteiger partial charge on any atom is -0.439 e. The van der Waals surface area contributed by atoms with E-state index in [9.17, 15) is 14.0 Å². The van der Waals surface area contributed by atoms with E-state index in [0.29, 0.717) is 12.1 Å². The zero-order valence-electron chi connectivity index (χ0n) is 10.6. The van der Waals surface area contributed by atoms with E-state index in [4.69, 9.17) is 4.74 Å². The van der Waals surface area contributed by atoms with E-state index < -0.39 is 24.0 Å². The summed E-state index contributed by atoms with van der Waals surface area (Å²) < 4.78 is 18.2. The molecule has 1 unspecified atom stereocenters. The van der Waals surface area contributed by atoms with Gasteiger partial charge in [0.2, 0.25) is 0 Å². The molecule has 0 aliphatic carbocycles. The molecule has 1 N–H and O–H groups in total. The van der Waals surface area contributed by atoms with E-state index in [0.717, 1.165) is 11.3 Å². The molecule has 0 saturated carbocycles. The number of amides is 3. The number of carbonyl (C=O) groups is 2. The van der Waals surface area contributed by atoms with Gasteiger partial charge in [-0.1, -0.05) is 19.1 Å². The van der Waals surface area contributed by atoms with Crippen LogP contribution in [0.5, 0.6) is 0 Å². The van der Waals surface area contributed by atoms with Crippen molar-refractivity contribution in [3.63, 3.8) is 0 Å². The van der Waals surface area contributed by atoms with Crippen molar-refractivity contribution < 1.29 is 18.7 Å². The molecule has 5 nitrogen and oxygen atoms in total. The molecule has 19 heavy (non-hydrogen) atoms. The summed E-state index contributed by atoms with van der Waals surface area (Å²) in [5.41, 5.74) is 0.541. The second-order valence-corrected chi connectivity index (χ2v) is 4.27. The molecule has 2 rings (SSSR count). The summed E-state index contributed by atoms with van der Waals surface area (Å²) in [4.78, 5) is 24.3. The quantitative estimate of drug-likeness (QED) is 0.914. The molecule has 0 aromatic heterocycles. The van der Waals surface area contributed by atoms with Gasteiger partial charge in [-0.05, 0) is 24.1 Å². The third kappa shape index (κ3) is 3.01. The van der Waals surface area contributed by atoms with E-state index >= 15 is 0 Å². The molecule has 1 saturated heterocycles. The van der Waals surface area contributed by atoms with Gasteiger partial charge in [-0.15, -0.1) is 0 Å². The van der Waals surface area contributed by atoms with Crippen LogP contribution < -0.4 is 5.32 Å². The second kappa shape index (κ2) is 5.69. The first-order chi connectivity index (χ1) is 9.11. The van der Waals surface area contributed by atoms with Crippen LogP contribution in [0.25, 0.3) is 0 Å². The number of halogens is 1. The zero-order chi connectivity index (χ0) is 13.8. The molecule has 1 aromatic rings. The Kier molecular flexibility index (Phi) is 3.99. The fraction of sp³-hybridized carbons (Fsp3) is 0.385. The van der Waals surface area contributed by atoms with Crippen molar-refractivity contribution in [1.29, 1.82) is 0 Å². The van der Waals surface area contributed by atoms with Crippen molar-refractivity contribution in [1.82, 2.24) is 10.2 Å². The number of nitrogens with one attached hydrogen (secondary N) is 1. The van der Waals surface area contributed by atoms with Crippen LogP contribution in [0.3, 0.4) is 0 Å². The summed E-state index contributed by atoms with van der Waals surface area (Å²) in [6.07, 6.45) is -0.541. The molecule has 1 aliphatic rings. The maximum absolute atomic E-state index is 13.1. The van der Waals surface area contributed by atoms with E-state index in [-0.39, 0.29) is 6.54 Å². The summed E-state index contributed by atoms with van der Waals surface area (Å²) >= 11 is 0. The average Bonchev–Trinajstić information content (AvgIpc) is 2.78. The number of carbonyl (C=O) groups excluding carboxylic acids is 2. The van der Waals surface area contributed by atoms with Crippen LogP contribution in [-0.4, -0.2) is 30.1 Å². The van der Waals surface area contributed by atoms with Crippen molar-refractivity contribution in [2.75, 3.05) is 13.1 Å². The van der Waals surface area contributed by atoms with E-state index in [1.807, 2.05) is 6.92 Å². The minimum absolute atomic E-state index is 0.0951. The van der Waals surface area contributed by atoms with Gasteiger partial charge in [0.05, 0.1) is 6.54 Å². The Bertz CT molecular complexity index is 493. The van der Waals surface area contributed by atoms with E-state index in [2.05, 4.69) is 5.32 Å². The lowest BCUT2D eigenvalue weighted by Crippen LogP contribution is -2.40. The van der Waals surface area contributed by atoms with Crippen molar-refractivity contribution in [3.8, 4) is 0 Å². The van der Waals surface area contributed by atoms with Crippen LogP contribution in [-0.2, 0) is 4.74 Å². The molecule has 0 bridgehead atoms. The van der Waals surface area contributed by atoms with Gasteiger partial charge in [0, 0.05) is 6.54 Å². The molecule has 6 heteroatoms. The van der Waals surface area contributed by atoms with Gasteiger partial charge in [-0.25, -0.2) is 18.9 Å². The summed E-state index contributed by atoms with van der Waals surface area (Å²) in [7, 11) is 0. The number of nitrogens with zero attached hydrogens (tertiary/aromatic N) is 1. The summed E-state index contributed by atoms with van der Waals surface area (Å²) in [6.45, 7) is 2.50. The number of imide groups is 1. The molecular weight excluding hydrogens is 251 g/mol. The first kappa shape index (κ1) is 13.3. The van der Waals surface area contributed by atoms with Crippen LogP contribution in [0.15, 0.2) is 24.3 Å². The summed E-state index contributed by atoms with van der Waals surface area (Å²) in [5.74, 6) is -0.401. The van der Waals surface area contributed by atoms with Crippen LogP contribution in [0.1, 0.15) is 25.0 Å². The predicted octanol–water partition coefficient (Wildman–Crippen LogP) is 2.44. The Morgan fingerprint density at radius 3 is 3.05 bits per heavy atom. The maximum Gasteiger partial charge on any atom is 0.418 e. The van der Waals surface area contributed by atoms with Gasteiger partial charge < -0.3 is 10.1 Å². The Morgan fingerprint density at radius 1 is 1.58 bits per heavy atom. The van der Waals surface area contributed by atoms with Gasteiger partial charge in [0.1, 0.15) is 11.9 Å².